The monoisotopic (exact) mass is 206 g/mol. The van der Waals surface area contributed by atoms with Crippen LogP contribution in [0.4, 0.5) is 0 Å². The molecule has 0 N–H and O–H groups in total. The molecule has 0 fully saturated rings. The summed E-state index contributed by atoms with van der Waals surface area (Å²) in [5, 5.41) is -0.00639. The number of fused-ring (bicyclic) bond motifs is 1. The van der Waals surface area contributed by atoms with Gasteiger partial charge in [-0.05, 0) is 12.5 Å². The highest BCUT2D eigenvalue weighted by Gasteiger charge is 2.25. The predicted molar refractivity (Wildman–Crippen MR) is 53.8 cm³/mol. The average Bonchev–Trinajstić information content (AvgIpc) is 2.14. The Kier molecular flexibility index (Phi) is 2.01. The summed E-state index contributed by atoms with van der Waals surface area (Å²) in [6.45, 7) is 1.80. The molecule has 0 atom stereocenters. The van der Waals surface area contributed by atoms with Crippen LogP contribution in [0.15, 0.2) is 29.3 Å². The van der Waals surface area contributed by atoms with Crippen LogP contribution in [-0.4, -0.2) is 11.6 Å². The zero-order valence-corrected chi connectivity index (χ0v) is 8.26. The second-order valence-electron chi connectivity index (χ2n) is 3.18. The van der Waals surface area contributed by atoms with E-state index in [4.69, 9.17) is 11.6 Å². The molecule has 2 nitrogen and oxygen atoms in total. The lowest BCUT2D eigenvalue weighted by Crippen LogP contribution is -2.15. The molecule has 0 amide bonds. The molecule has 0 bridgehead atoms. The zero-order chi connectivity index (χ0) is 10.3. The molecule has 0 radical (unpaired) electrons. The number of ketones is 2. The highest BCUT2D eigenvalue weighted by atomic mass is 35.5. The number of rotatable bonds is 0. The van der Waals surface area contributed by atoms with Crippen molar-refractivity contribution in [3.63, 3.8) is 0 Å². The van der Waals surface area contributed by atoms with Gasteiger partial charge in [-0.3, -0.25) is 9.59 Å². The summed E-state index contributed by atoms with van der Waals surface area (Å²) in [4.78, 5) is 23.1. The Morgan fingerprint density at radius 2 is 1.93 bits per heavy atom. The number of allylic oxidation sites excluding steroid dienone is 2. The van der Waals surface area contributed by atoms with E-state index >= 15 is 0 Å². The van der Waals surface area contributed by atoms with Crippen LogP contribution in [0.3, 0.4) is 0 Å². The van der Waals surface area contributed by atoms with Gasteiger partial charge in [-0.2, -0.15) is 0 Å². The molecule has 0 unspecified atom stereocenters. The Balaban J connectivity index is 2.75. The average molecular weight is 207 g/mol. The van der Waals surface area contributed by atoms with Crippen LogP contribution >= 0.6 is 11.6 Å². The second-order valence-corrected chi connectivity index (χ2v) is 3.59. The molecule has 0 saturated carbocycles. The van der Waals surface area contributed by atoms with Gasteiger partial charge >= 0.3 is 0 Å². The minimum atomic E-state index is -0.273. The lowest BCUT2D eigenvalue weighted by Gasteiger charge is -2.12. The standard InChI is InChI=1S/C11H7ClO2/c1-6-3-2-4-7-10(6)9(13)5-8(12)11(7)14/h2-5H,1H3. The van der Waals surface area contributed by atoms with Gasteiger partial charge in [-0.1, -0.05) is 29.8 Å². The Bertz CT molecular complexity index is 472. The SMILES string of the molecule is Cc1cccc2c1C(=O)C=C(Cl)C2=O. The molecule has 0 aromatic heterocycles. The molecule has 1 aromatic carbocycles. The first kappa shape index (κ1) is 9.16. The molecule has 0 saturated heterocycles. The van der Waals surface area contributed by atoms with Crippen molar-refractivity contribution in [2.24, 2.45) is 0 Å². The Morgan fingerprint density at radius 3 is 2.64 bits per heavy atom. The van der Waals surface area contributed by atoms with Gasteiger partial charge in [0.1, 0.15) is 0 Å². The summed E-state index contributed by atoms with van der Waals surface area (Å²) in [7, 11) is 0. The van der Waals surface area contributed by atoms with Gasteiger partial charge in [-0.25, -0.2) is 0 Å². The fourth-order valence-electron chi connectivity index (χ4n) is 1.57. The van der Waals surface area contributed by atoms with Crippen LogP contribution in [0.1, 0.15) is 26.3 Å². The molecule has 2 rings (SSSR count). The zero-order valence-electron chi connectivity index (χ0n) is 7.50. The van der Waals surface area contributed by atoms with Crippen LogP contribution in [0.2, 0.25) is 0 Å². The summed E-state index contributed by atoms with van der Waals surface area (Å²) in [6, 6.07) is 5.17. The number of hydrogen-bond acceptors (Lipinski definition) is 2. The van der Waals surface area contributed by atoms with Crippen molar-refractivity contribution < 1.29 is 9.59 Å². The molecule has 14 heavy (non-hydrogen) atoms. The first-order valence-electron chi connectivity index (χ1n) is 4.17. The Labute approximate surface area is 86.2 Å². The first-order chi connectivity index (χ1) is 6.61. The van der Waals surface area contributed by atoms with E-state index in [0.29, 0.717) is 11.1 Å². The molecule has 0 heterocycles. The highest BCUT2D eigenvalue weighted by molar-refractivity contribution is 6.49. The molecule has 1 aliphatic rings. The summed E-state index contributed by atoms with van der Waals surface area (Å²) < 4.78 is 0. The van der Waals surface area contributed by atoms with E-state index in [2.05, 4.69) is 0 Å². The van der Waals surface area contributed by atoms with Crippen LogP contribution < -0.4 is 0 Å². The van der Waals surface area contributed by atoms with E-state index in [0.717, 1.165) is 5.56 Å². The predicted octanol–water partition coefficient (Wildman–Crippen LogP) is 2.50. The maximum absolute atomic E-state index is 11.6. The minimum Gasteiger partial charge on any atom is -0.289 e. The molecule has 0 aliphatic heterocycles. The molecule has 3 heteroatoms. The number of hydrogen-bond donors (Lipinski definition) is 0. The fourth-order valence-corrected chi connectivity index (χ4v) is 1.77. The van der Waals surface area contributed by atoms with Gasteiger partial charge < -0.3 is 0 Å². The van der Waals surface area contributed by atoms with Crippen molar-refractivity contribution in [1.29, 1.82) is 0 Å². The van der Waals surface area contributed by atoms with Gasteiger partial charge in [-0.15, -0.1) is 0 Å². The smallest absolute Gasteiger partial charge is 0.205 e. The van der Waals surface area contributed by atoms with Gasteiger partial charge in [0.25, 0.3) is 0 Å². The minimum absolute atomic E-state index is 0.00639. The van der Waals surface area contributed by atoms with E-state index < -0.39 is 0 Å². The molecule has 1 aliphatic carbocycles. The number of aryl methyl sites for hydroxylation is 1. The van der Waals surface area contributed by atoms with E-state index in [1.165, 1.54) is 6.08 Å². The maximum Gasteiger partial charge on any atom is 0.205 e. The number of carbonyl (C=O) groups excluding carboxylic acids is 2. The molecular formula is C11H7ClO2. The van der Waals surface area contributed by atoms with Crippen molar-refractivity contribution in [2.75, 3.05) is 0 Å². The first-order valence-corrected chi connectivity index (χ1v) is 4.55. The third-order valence-electron chi connectivity index (χ3n) is 2.24. The van der Waals surface area contributed by atoms with Crippen LogP contribution in [-0.2, 0) is 0 Å². The van der Waals surface area contributed by atoms with Crippen molar-refractivity contribution >= 4 is 23.2 Å². The third-order valence-corrected chi connectivity index (χ3v) is 2.52. The van der Waals surface area contributed by atoms with E-state index in [1.54, 1.807) is 25.1 Å². The van der Waals surface area contributed by atoms with Crippen molar-refractivity contribution in [2.45, 2.75) is 6.92 Å². The summed E-state index contributed by atoms with van der Waals surface area (Å²) in [5.74, 6) is -0.465. The van der Waals surface area contributed by atoms with E-state index in [9.17, 15) is 9.59 Å². The van der Waals surface area contributed by atoms with Crippen molar-refractivity contribution in [3.05, 3.63) is 46.0 Å². The van der Waals surface area contributed by atoms with E-state index in [-0.39, 0.29) is 16.6 Å². The topological polar surface area (TPSA) is 34.1 Å². The number of Topliss-reactive ketones (excluding diaryl/α,β-unsaturated/α-hetero) is 1. The number of benzene rings is 1. The summed E-state index contributed by atoms with van der Waals surface area (Å²) in [5.41, 5.74) is 1.69. The maximum atomic E-state index is 11.6. The molecular weight excluding hydrogens is 200 g/mol. The lowest BCUT2D eigenvalue weighted by atomic mass is 9.91. The summed E-state index contributed by atoms with van der Waals surface area (Å²) in [6.07, 6.45) is 1.18. The van der Waals surface area contributed by atoms with Gasteiger partial charge in [0, 0.05) is 17.2 Å². The van der Waals surface area contributed by atoms with Crippen molar-refractivity contribution in [1.82, 2.24) is 0 Å². The summed E-state index contributed by atoms with van der Waals surface area (Å²) >= 11 is 5.63. The van der Waals surface area contributed by atoms with E-state index in [1.807, 2.05) is 0 Å². The number of halogens is 1. The number of carbonyl (C=O) groups is 2. The normalized spacial score (nSPS) is 15.1. The molecule has 1 aromatic rings. The fraction of sp³-hybridized carbons (Fsp3) is 0.0909. The van der Waals surface area contributed by atoms with Crippen LogP contribution in [0.25, 0.3) is 0 Å². The highest BCUT2D eigenvalue weighted by Crippen LogP contribution is 2.25. The third kappa shape index (κ3) is 1.19. The van der Waals surface area contributed by atoms with Crippen LogP contribution in [0, 0.1) is 6.92 Å². The Hall–Kier alpha value is -1.41. The quantitative estimate of drug-likeness (QED) is 0.654. The largest absolute Gasteiger partial charge is 0.289 e. The molecule has 0 spiro atoms. The van der Waals surface area contributed by atoms with Gasteiger partial charge in [0.2, 0.25) is 5.78 Å². The second kappa shape index (κ2) is 3.07. The Morgan fingerprint density at radius 1 is 1.21 bits per heavy atom. The van der Waals surface area contributed by atoms with Gasteiger partial charge in [0.15, 0.2) is 5.78 Å². The van der Waals surface area contributed by atoms with Crippen LogP contribution in [0.5, 0.6) is 0 Å². The lowest BCUT2D eigenvalue weighted by molar-refractivity contribution is 0.0990. The van der Waals surface area contributed by atoms with Gasteiger partial charge in [0.05, 0.1) is 5.03 Å². The molecule has 70 valence electrons. The van der Waals surface area contributed by atoms with Crippen molar-refractivity contribution in [3.8, 4) is 0 Å².